The maximum atomic E-state index is 12.4. The molecule has 0 atom stereocenters. The van der Waals surface area contributed by atoms with Gasteiger partial charge in [-0.1, -0.05) is 30.3 Å². The van der Waals surface area contributed by atoms with Gasteiger partial charge in [-0.05, 0) is 70.4 Å². The van der Waals surface area contributed by atoms with E-state index < -0.39 is 5.97 Å². The Morgan fingerprint density at radius 2 is 1.71 bits per heavy atom. The first kappa shape index (κ1) is 25.6. The van der Waals surface area contributed by atoms with Gasteiger partial charge >= 0.3 is 5.97 Å². The maximum Gasteiger partial charge on any atom is 0.344 e. The monoisotopic (exact) mass is 537 g/mol. The third-order valence-electron chi connectivity index (χ3n) is 4.79. The van der Waals surface area contributed by atoms with Gasteiger partial charge in [0.05, 0.1) is 18.9 Å². The van der Waals surface area contributed by atoms with Crippen LogP contribution in [-0.2, 0) is 4.79 Å². The van der Waals surface area contributed by atoms with Crippen LogP contribution < -0.4 is 20.2 Å². The summed E-state index contributed by atoms with van der Waals surface area (Å²) >= 11 is 3.33. The third kappa shape index (κ3) is 7.79. The van der Waals surface area contributed by atoms with E-state index in [-0.39, 0.29) is 24.0 Å². The summed E-state index contributed by atoms with van der Waals surface area (Å²) in [4.78, 5) is 36.4. The van der Waals surface area contributed by atoms with Crippen molar-refractivity contribution in [3.63, 3.8) is 0 Å². The van der Waals surface area contributed by atoms with Crippen molar-refractivity contribution in [2.45, 2.75) is 12.8 Å². The van der Waals surface area contributed by atoms with Gasteiger partial charge in [0.15, 0.2) is 11.5 Å². The van der Waals surface area contributed by atoms with Crippen LogP contribution in [0.25, 0.3) is 0 Å². The van der Waals surface area contributed by atoms with Gasteiger partial charge in [-0.25, -0.2) is 10.2 Å². The van der Waals surface area contributed by atoms with Crippen molar-refractivity contribution >= 4 is 39.9 Å². The average molecular weight is 538 g/mol. The van der Waals surface area contributed by atoms with Gasteiger partial charge in [0.25, 0.3) is 5.91 Å². The minimum Gasteiger partial charge on any atom is -0.493 e. The third-order valence-corrected chi connectivity index (χ3v) is 5.48. The molecule has 0 aromatic heterocycles. The van der Waals surface area contributed by atoms with Crippen LogP contribution >= 0.6 is 15.9 Å². The molecule has 0 aliphatic rings. The van der Waals surface area contributed by atoms with Crippen molar-refractivity contribution in [3.05, 3.63) is 94.0 Å². The maximum absolute atomic E-state index is 12.4. The van der Waals surface area contributed by atoms with Crippen molar-refractivity contribution in [2.24, 2.45) is 5.10 Å². The summed E-state index contributed by atoms with van der Waals surface area (Å²) in [6, 6.07) is 20.7. The molecule has 0 bridgehead atoms. The lowest BCUT2D eigenvalue weighted by Crippen LogP contribution is -2.26. The van der Waals surface area contributed by atoms with E-state index in [0.717, 1.165) is 0 Å². The quantitative estimate of drug-likeness (QED) is 0.131. The molecule has 180 valence electrons. The molecule has 2 amide bonds. The number of carbonyl (C=O) groups is 3. The number of hydrazone groups is 1. The van der Waals surface area contributed by atoms with E-state index in [9.17, 15) is 14.4 Å². The van der Waals surface area contributed by atoms with E-state index >= 15 is 0 Å². The Morgan fingerprint density at radius 1 is 0.971 bits per heavy atom. The summed E-state index contributed by atoms with van der Waals surface area (Å²) in [6.45, 7) is 0.377. The minimum absolute atomic E-state index is 0.177. The van der Waals surface area contributed by atoms with Gasteiger partial charge in [0.2, 0.25) is 5.91 Å². The van der Waals surface area contributed by atoms with Crippen molar-refractivity contribution in [3.8, 4) is 11.5 Å². The molecule has 0 radical (unpaired) electrons. The second-order valence-corrected chi connectivity index (χ2v) is 8.15. The molecule has 8 nitrogen and oxygen atoms in total. The molecule has 3 aromatic carbocycles. The number of hydrogen-bond donors (Lipinski definition) is 2. The van der Waals surface area contributed by atoms with Crippen LogP contribution in [0.2, 0.25) is 0 Å². The number of esters is 1. The predicted molar refractivity (Wildman–Crippen MR) is 136 cm³/mol. The SMILES string of the molecule is COc1cc(/C=N/NC(=O)CCCNC(=O)c2ccccc2)ccc1OC(=O)c1ccccc1Br. The second-order valence-electron chi connectivity index (χ2n) is 7.30. The van der Waals surface area contributed by atoms with Gasteiger partial charge in [0.1, 0.15) is 0 Å². The topological polar surface area (TPSA) is 106 Å². The number of nitrogens with one attached hydrogen (secondary N) is 2. The first-order chi connectivity index (χ1) is 17.0. The highest BCUT2D eigenvalue weighted by Gasteiger charge is 2.15. The molecule has 0 heterocycles. The van der Waals surface area contributed by atoms with Crippen LogP contribution in [0.15, 0.2) is 82.4 Å². The standard InChI is InChI=1S/C26H24BrN3O5/c1-34-23-16-18(13-14-22(23)35-26(33)20-10-5-6-11-21(20)27)17-29-30-24(31)12-7-15-28-25(32)19-8-3-2-4-9-19/h2-6,8-11,13-14,16-17H,7,12,15H2,1H3,(H,28,32)(H,30,31)/b29-17+. The van der Waals surface area contributed by atoms with Crippen molar-refractivity contribution in [2.75, 3.05) is 13.7 Å². The Labute approximate surface area is 211 Å². The van der Waals surface area contributed by atoms with Crippen LogP contribution in [0.3, 0.4) is 0 Å². The lowest BCUT2D eigenvalue weighted by molar-refractivity contribution is -0.121. The van der Waals surface area contributed by atoms with Gasteiger partial charge in [-0.3, -0.25) is 9.59 Å². The van der Waals surface area contributed by atoms with E-state index in [1.165, 1.54) is 13.3 Å². The molecule has 0 unspecified atom stereocenters. The zero-order valence-corrected chi connectivity index (χ0v) is 20.6. The fraction of sp³-hybridized carbons (Fsp3) is 0.154. The number of hydrogen-bond acceptors (Lipinski definition) is 6. The minimum atomic E-state index is -0.524. The zero-order chi connectivity index (χ0) is 25.0. The number of methoxy groups -OCH3 is 1. The number of rotatable bonds is 10. The molecular formula is C26H24BrN3O5. The summed E-state index contributed by atoms with van der Waals surface area (Å²) in [5, 5.41) is 6.72. The molecule has 0 spiro atoms. The molecule has 0 saturated carbocycles. The molecule has 0 aliphatic carbocycles. The number of amides is 2. The molecule has 3 rings (SSSR count). The van der Waals surface area contributed by atoms with Gasteiger partial charge in [0, 0.05) is 23.0 Å². The Bertz CT molecular complexity index is 1210. The Morgan fingerprint density at radius 3 is 2.46 bits per heavy atom. The van der Waals surface area contributed by atoms with Gasteiger partial charge < -0.3 is 14.8 Å². The highest BCUT2D eigenvalue weighted by molar-refractivity contribution is 9.10. The predicted octanol–water partition coefficient (Wildman–Crippen LogP) is 4.34. The second kappa shape index (κ2) is 13.0. The van der Waals surface area contributed by atoms with Crippen LogP contribution in [-0.4, -0.2) is 37.7 Å². The summed E-state index contributed by atoms with van der Waals surface area (Å²) in [5.41, 5.74) is 4.05. The van der Waals surface area contributed by atoms with E-state index in [4.69, 9.17) is 9.47 Å². The smallest absolute Gasteiger partial charge is 0.344 e. The summed E-state index contributed by atoms with van der Waals surface area (Å²) < 4.78 is 11.4. The number of benzene rings is 3. The highest BCUT2D eigenvalue weighted by Crippen LogP contribution is 2.29. The molecule has 0 aliphatic heterocycles. The van der Waals surface area contributed by atoms with E-state index in [0.29, 0.717) is 39.9 Å². The van der Waals surface area contributed by atoms with Crippen LogP contribution in [0.5, 0.6) is 11.5 Å². The van der Waals surface area contributed by atoms with Crippen molar-refractivity contribution in [1.82, 2.24) is 10.7 Å². The number of ether oxygens (including phenoxy) is 2. The van der Waals surface area contributed by atoms with E-state index in [1.807, 2.05) is 6.07 Å². The summed E-state index contributed by atoms with van der Waals surface area (Å²) in [6.07, 6.45) is 2.14. The van der Waals surface area contributed by atoms with Crippen molar-refractivity contribution < 1.29 is 23.9 Å². The first-order valence-electron chi connectivity index (χ1n) is 10.8. The molecule has 3 aromatic rings. The molecule has 0 saturated heterocycles. The lowest BCUT2D eigenvalue weighted by Gasteiger charge is -2.10. The fourth-order valence-corrected chi connectivity index (χ4v) is 3.45. The highest BCUT2D eigenvalue weighted by atomic mass is 79.9. The summed E-state index contributed by atoms with van der Waals surface area (Å²) in [5.74, 6) is -0.379. The van der Waals surface area contributed by atoms with E-state index in [1.54, 1.807) is 66.7 Å². The molecule has 9 heteroatoms. The molecule has 2 N–H and O–H groups in total. The number of halogens is 1. The van der Waals surface area contributed by atoms with Crippen LogP contribution in [0.1, 0.15) is 39.1 Å². The Kier molecular flexibility index (Phi) is 9.56. The normalized spacial score (nSPS) is 10.6. The average Bonchev–Trinajstić information content (AvgIpc) is 2.88. The lowest BCUT2D eigenvalue weighted by atomic mass is 10.2. The Balaban J connectivity index is 1.46. The molecular weight excluding hydrogens is 514 g/mol. The zero-order valence-electron chi connectivity index (χ0n) is 19.0. The van der Waals surface area contributed by atoms with Crippen LogP contribution in [0, 0.1) is 0 Å². The largest absolute Gasteiger partial charge is 0.493 e. The molecule has 0 fully saturated rings. The van der Waals surface area contributed by atoms with Gasteiger partial charge in [-0.15, -0.1) is 0 Å². The number of nitrogens with zero attached hydrogens (tertiary/aromatic N) is 1. The van der Waals surface area contributed by atoms with Crippen molar-refractivity contribution in [1.29, 1.82) is 0 Å². The first-order valence-corrected chi connectivity index (χ1v) is 11.6. The van der Waals surface area contributed by atoms with E-state index in [2.05, 4.69) is 31.8 Å². The molecule has 35 heavy (non-hydrogen) atoms. The Hall–Kier alpha value is -3.98. The summed E-state index contributed by atoms with van der Waals surface area (Å²) in [7, 11) is 1.46. The number of carbonyl (C=O) groups excluding carboxylic acids is 3. The van der Waals surface area contributed by atoms with Gasteiger partial charge in [-0.2, -0.15) is 5.10 Å². The van der Waals surface area contributed by atoms with Crippen LogP contribution in [0.4, 0.5) is 0 Å². The fourth-order valence-electron chi connectivity index (χ4n) is 3.01.